The number of nitrogens with one attached hydrogen (secondary N) is 1. The zero-order valence-corrected chi connectivity index (χ0v) is 21.3. The molecule has 2 aromatic carbocycles. The number of hydrogen-bond donors (Lipinski definition) is 1. The first-order chi connectivity index (χ1) is 18.1. The Kier molecular flexibility index (Phi) is 8.10. The minimum absolute atomic E-state index is 0.0427. The second-order valence-corrected chi connectivity index (χ2v) is 10.7. The summed E-state index contributed by atoms with van der Waals surface area (Å²) in [7, 11) is -4.46. The van der Waals surface area contributed by atoms with E-state index in [0.29, 0.717) is 5.75 Å². The molecular formula is C26H26FN3O7S. The van der Waals surface area contributed by atoms with E-state index in [9.17, 15) is 27.2 Å². The first-order valence-corrected chi connectivity index (χ1v) is 13.3. The summed E-state index contributed by atoms with van der Waals surface area (Å²) in [4.78, 5) is 41.1. The van der Waals surface area contributed by atoms with Crippen LogP contribution >= 0.6 is 0 Å². The van der Waals surface area contributed by atoms with Crippen LogP contribution < -0.4 is 10.1 Å². The predicted molar refractivity (Wildman–Crippen MR) is 133 cm³/mol. The molecule has 1 aliphatic rings. The van der Waals surface area contributed by atoms with Gasteiger partial charge in [-0.2, -0.15) is 0 Å². The Balaban J connectivity index is 1.44. The number of amides is 3. The fraction of sp³-hybridized carbons (Fsp3) is 0.269. The van der Waals surface area contributed by atoms with E-state index in [1.54, 1.807) is 6.07 Å². The molecular weight excluding hydrogens is 517 g/mol. The van der Waals surface area contributed by atoms with Crippen LogP contribution in [0.2, 0.25) is 0 Å². The molecule has 0 unspecified atom stereocenters. The number of carbonyl (C=O) groups is 3. The van der Waals surface area contributed by atoms with Gasteiger partial charge in [-0.05, 0) is 61.0 Å². The molecule has 1 N–H and O–H groups in total. The fourth-order valence-electron chi connectivity index (χ4n) is 3.91. The van der Waals surface area contributed by atoms with E-state index in [1.165, 1.54) is 28.2 Å². The molecule has 12 heteroatoms. The van der Waals surface area contributed by atoms with Crippen molar-refractivity contribution in [3.8, 4) is 5.75 Å². The van der Waals surface area contributed by atoms with Crippen LogP contribution in [0.1, 0.15) is 16.1 Å². The van der Waals surface area contributed by atoms with E-state index < -0.39 is 32.8 Å². The van der Waals surface area contributed by atoms with E-state index in [0.717, 1.165) is 29.8 Å². The lowest BCUT2D eigenvalue weighted by atomic mass is 10.2. The number of sulfone groups is 1. The Hall–Kier alpha value is -4.19. The first kappa shape index (κ1) is 26.9. The van der Waals surface area contributed by atoms with Crippen molar-refractivity contribution in [1.82, 2.24) is 15.1 Å². The lowest BCUT2D eigenvalue weighted by Crippen LogP contribution is -2.58. The molecule has 3 aromatic rings. The summed E-state index contributed by atoms with van der Waals surface area (Å²) >= 11 is 0. The number of hydrogen-bond acceptors (Lipinski definition) is 7. The molecule has 1 atom stereocenters. The average Bonchev–Trinajstić information content (AvgIpc) is 3.45. The minimum Gasteiger partial charge on any atom is -0.484 e. The van der Waals surface area contributed by atoms with Crippen LogP contribution in [0.5, 0.6) is 5.75 Å². The summed E-state index contributed by atoms with van der Waals surface area (Å²) in [6.07, 6.45) is 1.24. The topological polar surface area (TPSA) is 126 Å². The van der Waals surface area contributed by atoms with Crippen molar-refractivity contribution in [2.75, 3.05) is 32.8 Å². The Morgan fingerprint density at radius 3 is 2.32 bits per heavy atom. The second kappa shape index (κ2) is 11.5. The smallest absolute Gasteiger partial charge is 0.288 e. The predicted octanol–water partition coefficient (Wildman–Crippen LogP) is 2.01. The highest BCUT2D eigenvalue weighted by Gasteiger charge is 2.40. The molecule has 38 heavy (non-hydrogen) atoms. The highest BCUT2D eigenvalue weighted by atomic mass is 32.2. The minimum atomic E-state index is -4.46. The summed E-state index contributed by atoms with van der Waals surface area (Å²) in [5, 5.41) is 0.252. The van der Waals surface area contributed by atoms with E-state index in [1.807, 2.05) is 25.1 Å². The number of piperazine rings is 1. The molecule has 1 fully saturated rings. The van der Waals surface area contributed by atoms with Gasteiger partial charge in [0.2, 0.25) is 15.2 Å². The van der Waals surface area contributed by atoms with Gasteiger partial charge in [0.05, 0.1) is 11.2 Å². The van der Waals surface area contributed by atoms with Gasteiger partial charge in [-0.1, -0.05) is 12.1 Å². The van der Waals surface area contributed by atoms with Crippen LogP contribution in [-0.4, -0.2) is 74.1 Å². The Morgan fingerprint density at radius 1 is 1.00 bits per heavy atom. The van der Waals surface area contributed by atoms with Crippen LogP contribution in [0.3, 0.4) is 0 Å². The molecule has 1 aromatic heterocycles. The number of carbonyl (C=O) groups excluding carboxylic acids is 3. The van der Waals surface area contributed by atoms with Gasteiger partial charge in [-0.3, -0.25) is 14.4 Å². The lowest BCUT2D eigenvalue weighted by molar-refractivity contribution is -0.140. The largest absolute Gasteiger partial charge is 0.484 e. The number of rotatable bonds is 8. The van der Waals surface area contributed by atoms with Crippen LogP contribution in [0, 0.1) is 12.7 Å². The molecule has 1 saturated heterocycles. The summed E-state index contributed by atoms with van der Waals surface area (Å²) < 4.78 is 50.7. The molecule has 200 valence electrons. The lowest BCUT2D eigenvalue weighted by Gasteiger charge is -2.36. The normalized spacial score (nSPS) is 14.6. The van der Waals surface area contributed by atoms with E-state index in [4.69, 9.17) is 9.15 Å². The van der Waals surface area contributed by atoms with Gasteiger partial charge in [-0.25, -0.2) is 12.8 Å². The van der Waals surface area contributed by atoms with Crippen molar-refractivity contribution in [2.24, 2.45) is 0 Å². The monoisotopic (exact) mass is 543 g/mol. The standard InChI is InChI=1S/C26H26FN3O7S/c1-18-4-2-5-20(16-18)37-17-23(31)29-11-13-30(14-12-29)26(33)25(28-24(32)22-6-3-15-36-22)38(34,35)21-9-7-19(27)8-10-21/h2-10,15-16,25H,11-14,17H2,1H3,(H,28,32)/t25-/m0/s1. The average molecular weight is 544 g/mol. The van der Waals surface area contributed by atoms with Gasteiger partial charge >= 0.3 is 0 Å². The summed E-state index contributed by atoms with van der Waals surface area (Å²) in [6, 6.07) is 14.0. The molecule has 2 heterocycles. The molecule has 4 rings (SSSR count). The number of halogens is 1. The van der Waals surface area contributed by atoms with Crippen molar-refractivity contribution in [3.05, 3.63) is 84.1 Å². The van der Waals surface area contributed by atoms with Crippen LogP contribution in [0.15, 0.2) is 76.2 Å². The SMILES string of the molecule is Cc1cccc(OCC(=O)N2CCN(C(=O)[C@@H](NC(=O)c3ccco3)S(=O)(=O)c3ccc(F)cc3)CC2)c1. The van der Waals surface area contributed by atoms with Crippen molar-refractivity contribution < 1.29 is 36.3 Å². The summed E-state index contributed by atoms with van der Waals surface area (Å²) in [5.41, 5.74) is 0.992. The molecule has 0 spiro atoms. The Bertz CT molecular complexity index is 1400. The maximum Gasteiger partial charge on any atom is 0.288 e. The third-order valence-electron chi connectivity index (χ3n) is 5.98. The zero-order valence-electron chi connectivity index (χ0n) is 20.5. The zero-order chi connectivity index (χ0) is 27.3. The van der Waals surface area contributed by atoms with Crippen molar-refractivity contribution in [1.29, 1.82) is 0 Å². The van der Waals surface area contributed by atoms with Gasteiger partial charge in [0, 0.05) is 26.2 Å². The Labute approximate surface area is 218 Å². The molecule has 0 bridgehead atoms. The molecule has 0 radical (unpaired) electrons. The van der Waals surface area contributed by atoms with Gasteiger partial charge in [0.25, 0.3) is 17.7 Å². The highest BCUT2D eigenvalue weighted by Crippen LogP contribution is 2.19. The van der Waals surface area contributed by atoms with E-state index in [2.05, 4.69) is 5.32 Å². The van der Waals surface area contributed by atoms with E-state index >= 15 is 0 Å². The van der Waals surface area contributed by atoms with Gasteiger partial charge < -0.3 is 24.3 Å². The van der Waals surface area contributed by atoms with Crippen molar-refractivity contribution >= 4 is 27.6 Å². The van der Waals surface area contributed by atoms with Crippen molar-refractivity contribution in [3.63, 3.8) is 0 Å². The highest BCUT2D eigenvalue weighted by molar-refractivity contribution is 7.92. The molecule has 0 saturated carbocycles. The van der Waals surface area contributed by atoms with Gasteiger partial charge in [0.15, 0.2) is 12.4 Å². The number of nitrogens with zero attached hydrogens (tertiary/aromatic N) is 2. The van der Waals surface area contributed by atoms with Crippen LogP contribution in [-0.2, 0) is 19.4 Å². The maximum absolute atomic E-state index is 13.4. The number of aryl methyl sites for hydroxylation is 1. The molecule has 10 nitrogen and oxygen atoms in total. The third kappa shape index (κ3) is 6.20. The number of ether oxygens (including phenoxy) is 1. The Morgan fingerprint density at radius 2 is 1.68 bits per heavy atom. The maximum atomic E-state index is 13.4. The van der Waals surface area contributed by atoms with Crippen LogP contribution in [0.4, 0.5) is 4.39 Å². The summed E-state index contributed by atoms with van der Waals surface area (Å²) in [5.74, 6) is -2.33. The molecule has 0 aliphatic carbocycles. The second-order valence-electron chi connectivity index (χ2n) is 8.64. The number of benzene rings is 2. The van der Waals surface area contributed by atoms with Crippen molar-refractivity contribution in [2.45, 2.75) is 17.2 Å². The third-order valence-corrected chi connectivity index (χ3v) is 7.85. The van der Waals surface area contributed by atoms with Crippen LogP contribution in [0.25, 0.3) is 0 Å². The van der Waals surface area contributed by atoms with Gasteiger partial charge in [-0.15, -0.1) is 0 Å². The fourth-order valence-corrected chi connectivity index (χ4v) is 5.38. The first-order valence-electron chi connectivity index (χ1n) is 11.7. The molecule has 1 aliphatic heterocycles. The quantitative estimate of drug-likeness (QED) is 0.431. The summed E-state index contributed by atoms with van der Waals surface area (Å²) in [6.45, 7) is 2.11. The van der Waals surface area contributed by atoms with Gasteiger partial charge in [0.1, 0.15) is 11.6 Å². The molecule has 3 amide bonds. The number of furan rings is 1. The van der Waals surface area contributed by atoms with E-state index in [-0.39, 0.29) is 49.3 Å².